The van der Waals surface area contributed by atoms with Crippen molar-refractivity contribution in [2.45, 2.75) is 26.3 Å². The lowest BCUT2D eigenvalue weighted by Crippen LogP contribution is -2.44. The van der Waals surface area contributed by atoms with Crippen LogP contribution in [0.5, 0.6) is 11.5 Å². The van der Waals surface area contributed by atoms with E-state index in [1.54, 1.807) is 14.2 Å². The molecule has 3 aromatic rings. The third-order valence-corrected chi connectivity index (χ3v) is 5.33. The molecule has 1 aliphatic heterocycles. The molecule has 9 heteroatoms. The van der Waals surface area contributed by atoms with Crippen molar-refractivity contribution in [3.63, 3.8) is 0 Å². The number of aliphatic imine (C=N–C) groups is 1. The fourth-order valence-corrected chi connectivity index (χ4v) is 3.81. The maximum absolute atomic E-state index is 5.48. The summed E-state index contributed by atoms with van der Waals surface area (Å²) >= 11 is 0. The lowest BCUT2D eigenvalue weighted by molar-refractivity contribution is 0.346. The summed E-state index contributed by atoms with van der Waals surface area (Å²) in [4.78, 5) is 7.15. The monoisotopic (exact) mass is 536 g/mol. The minimum Gasteiger partial charge on any atom is -0.493 e. The number of nitrogens with one attached hydrogen (secondary N) is 1. The van der Waals surface area contributed by atoms with Gasteiger partial charge < -0.3 is 19.7 Å². The molecule has 4 rings (SSSR count). The van der Waals surface area contributed by atoms with Crippen molar-refractivity contribution in [1.29, 1.82) is 0 Å². The van der Waals surface area contributed by atoms with Gasteiger partial charge in [-0.1, -0.05) is 6.07 Å². The van der Waals surface area contributed by atoms with Crippen LogP contribution in [0.15, 0.2) is 41.5 Å². The summed E-state index contributed by atoms with van der Waals surface area (Å²) in [5.41, 5.74) is 3.41. The molecule has 0 saturated heterocycles. The molecule has 8 nitrogen and oxygen atoms in total. The van der Waals surface area contributed by atoms with Crippen LogP contribution in [0.4, 0.5) is 0 Å². The van der Waals surface area contributed by atoms with Gasteiger partial charge in [0.1, 0.15) is 5.82 Å². The van der Waals surface area contributed by atoms with Crippen molar-refractivity contribution in [3.8, 4) is 11.5 Å². The molecule has 31 heavy (non-hydrogen) atoms. The van der Waals surface area contributed by atoms with E-state index >= 15 is 0 Å². The molecule has 0 bridgehead atoms. The molecular weight excluding hydrogens is 507 g/mol. The predicted octanol–water partition coefficient (Wildman–Crippen LogP) is 2.93. The maximum atomic E-state index is 5.48. The van der Waals surface area contributed by atoms with E-state index in [1.807, 2.05) is 28.8 Å². The van der Waals surface area contributed by atoms with Gasteiger partial charge >= 0.3 is 0 Å². The van der Waals surface area contributed by atoms with Crippen LogP contribution in [0.25, 0.3) is 5.65 Å². The number of halogens is 1. The van der Waals surface area contributed by atoms with E-state index in [4.69, 9.17) is 14.5 Å². The van der Waals surface area contributed by atoms with E-state index in [0.29, 0.717) is 6.54 Å². The Bertz CT molecular complexity index is 1050. The Kier molecular flexibility index (Phi) is 7.94. The number of hydrogen-bond acceptors (Lipinski definition) is 5. The number of pyridine rings is 1. The third-order valence-electron chi connectivity index (χ3n) is 5.33. The van der Waals surface area contributed by atoms with Crippen molar-refractivity contribution in [2.75, 3.05) is 33.9 Å². The number of aromatic nitrogens is 3. The van der Waals surface area contributed by atoms with Gasteiger partial charge in [-0.05, 0) is 48.7 Å². The van der Waals surface area contributed by atoms with Crippen molar-refractivity contribution >= 4 is 35.6 Å². The van der Waals surface area contributed by atoms with E-state index in [1.165, 1.54) is 11.1 Å². The zero-order valence-corrected chi connectivity index (χ0v) is 20.5. The SMILES string of the molecule is CCNC(=NCCc1nnc2ccccn12)N1CCc2cc(OC)c(OC)cc2C1.I. The molecule has 0 fully saturated rings. The highest BCUT2D eigenvalue weighted by Gasteiger charge is 2.21. The van der Waals surface area contributed by atoms with Gasteiger partial charge in [-0.15, -0.1) is 34.2 Å². The van der Waals surface area contributed by atoms with Gasteiger partial charge in [-0.2, -0.15) is 0 Å². The Balaban J connectivity index is 0.00000272. The summed E-state index contributed by atoms with van der Waals surface area (Å²) in [6.45, 7) is 5.25. The standard InChI is InChI=1S/C22H28N6O2.HI/c1-4-23-22(24-10-8-21-26-25-20-7-5-6-11-28(20)21)27-12-9-16-13-18(29-2)19(30-3)14-17(16)15-27;/h5-7,11,13-14H,4,8-10,12,15H2,1-3H3,(H,23,24);1H. The van der Waals surface area contributed by atoms with Gasteiger partial charge in [0.05, 0.1) is 14.2 Å². The summed E-state index contributed by atoms with van der Waals surface area (Å²) in [5, 5.41) is 11.9. The minimum atomic E-state index is 0. The van der Waals surface area contributed by atoms with E-state index in [-0.39, 0.29) is 24.0 Å². The second-order valence-electron chi connectivity index (χ2n) is 7.18. The van der Waals surface area contributed by atoms with Gasteiger partial charge in [0.15, 0.2) is 23.1 Å². The van der Waals surface area contributed by atoms with E-state index in [0.717, 1.165) is 61.4 Å². The number of benzene rings is 1. The largest absolute Gasteiger partial charge is 0.493 e. The van der Waals surface area contributed by atoms with Crippen molar-refractivity contribution in [3.05, 3.63) is 53.5 Å². The Morgan fingerprint density at radius 1 is 1.13 bits per heavy atom. The first-order valence-corrected chi connectivity index (χ1v) is 10.3. The molecule has 0 amide bonds. The molecule has 1 aliphatic rings. The zero-order chi connectivity index (χ0) is 20.9. The van der Waals surface area contributed by atoms with Gasteiger partial charge in [0.2, 0.25) is 0 Å². The summed E-state index contributed by atoms with van der Waals surface area (Å²) < 4.78 is 12.9. The Morgan fingerprint density at radius 2 is 1.90 bits per heavy atom. The molecule has 0 aliphatic carbocycles. The maximum Gasteiger partial charge on any atom is 0.194 e. The summed E-state index contributed by atoms with van der Waals surface area (Å²) in [6, 6.07) is 10.1. The molecule has 0 atom stereocenters. The number of ether oxygens (including phenoxy) is 2. The van der Waals surface area contributed by atoms with Crippen molar-refractivity contribution in [2.24, 2.45) is 4.99 Å². The smallest absolute Gasteiger partial charge is 0.194 e. The number of nitrogens with zero attached hydrogens (tertiary/aromatic N) is 5. The Morgan fingerprint density at radius 3 is 2.65 bits per heavy atom. The number of hydrogen-bond donors (Lipinski definition) is 1. The van der Waals surface area contributed by atoms with Crippen LogP contribution in [0.1, 0.15) is 23.9 Å². The molecule has 3 heterocycles. The van der Waals surface area contributed by atoms with Gasteiger partial charge in [-0.25, -0.2) is 0 Å². The average Bonchev–Trinajstić information content (AvgIpc) is 3.20. The van der Waals surface area contributed by atoms with Crippen molar-refractivity contribution < 1.29 is 9.47 Å². The zero-order valence-electron chi connectivity index (χ0n) is 18.2. The van der Waals surface area contributed by atoms with E-state index < -0.39 is 0 Å². The highest BCUT2D eigenvalue weighted by molar-refractivity contribution is 14.0. The fourth-order valence-electron chi connectivity index (χ4n) is 3.81. The highest BCUT2D eigenvalue weighted by Crippen LogP contribution is 2.33. The van der Waals surface area contributed by atoms with Crippen LogP contribution < -0.4 is 14.8 Å². The van der Waals surface area contributed by atoms with Gasteiger partial charge in [-0.3, -0.25) is 9.39 Å². The molecule has 0 saturated carbocycles. The Labute approximate surface area is 199 Å². The normalized spacial score (nSPS) is 13.5. The van der Waals surface area contributed by atoms with E-state index in [2.05, 4.69) is 39.5 Å². The topological polar surface area (TPSA) is 76.3 Å². The molecule has 0 radical (unpaired) electrons. The molecule has 1 aromatic carbocycles. The molecule has 0 unspecified atom stereocenters. The predicted molar refractivity (Wildman–Crippen MR) is 132 cm³/mol. The van der Waals surface area contributed by atoms with Crippen LogP contribution >= 0.6 is 24.0 Å². The van der Waals surface area contributed by atoms with E-state index in [9.17, 15) is 0 Å². The van der Waals surface area contributed by atoms with Gasteiger partial charge in [0, 0.05) is 38.8 Å². The first-order valence-electron chi connectivity index (χ1n) is 10.3. The first-order chi connectivity index (χ1) is 14.7. The quantitative estimate of drug-likeness (QED) is 0.297. The molecular formula is C22H29IN6O2. The Hall–Kier alpha value is -2.56. The lowest BCUT2D eigenvalue weighted by atomic mass is 9.99. The molecule has 1 N–H and O–H groups in total. The van der Waals surface area contributed by atoms with Crippen LogP contribution in [-0.2, 0) is 19.4 Å². The number of rotatable bonds is 6. The summed E-state index contributed by atoms with van der Waals surface area (Å²) in [6.07, 6.45) is 3.66. The van der Waals surface area contributed by atoms with Crippen LogP contribution in [0, 0.1) is 0 Å². The molecule has 2 aromatic heterocycles. The molecule has 0 spiro atoms. The number of fused-ring (bicyclic) bond motifs is 2. The number of guanidine groups is 1. The lowest BCUT2D eigenvalue weighted by Gasteiger charge is -2.32. The van der Waals surface area contributed by atoms with Crippen LogP contribution in [0.2, 0.25) is 0 Å². The number of methoxy groups -OCH3 is 2. The second kappa shape index (κ2) is 10.7. The summed E-state index contributed by atoms with van der Waals surface area (Å²) in [7, 11) is 3.35. The van der Waals surface area contributed by atoms with Crippen LogP contribution in [0.3, 0.4) is 0 Å². The van der Waals surface area contributed by atoms with Crippen molar-refractivity contribution in [1.82, 2.24) is 24.8 Å². The minimum absolute atomic E-state index is 0. The average molecular weight is 536 g/mol. The van der Waals surface area contributed by atoms with Crippen LogP contribution in [-0.4, -0.2) is 59.3 Å². The highest BCUT2D eigenvalue weighted by atomic mass is 127. The third kappa shape index (κ3) is 5.03. The first kappa shape index (κ1) is 23.1. The summed E-state index contributed by atoms with van der Waals surface area (Å²) in [5.74, 6) is 3.39. The fraction of sp³-hybridized carbons (Fsp3) is 0.409. The molecule has 166 valence electrons. The van der Waals surface area contributed by atoms with Gasteiger partial charge in [0.25, 0.3) is 0 Å². The second-order valence-corrected chi connectivity index (χ2v) is 7.18.